The van der Waals surface area contributed by atoms with E-state index in [1.807, 2.05) is 13.8 Å². The van der Waals surface area contributed by atoms with Crippen molar-refractivity contribution in [3.8, 4) is 0 Å². The quantitative estimate of drug-likeness (QED) is 0.499. The first-order valence-corrected chi connectivity index (χ1v) is 5.91. The molecule has 0 bridgehead atoms. The summed E-state index contributed by atoms with van der Waals surface area (Å²) in [6.07, 6.45) is 1.19. The van der Waals surface area contributed by atoms with Crippen LogP contribution in [0, 0.1) is 0 Å². The van der Waals surface area contributed by atoms with Gasteiger partial charge in [0.2, 0.25) is 0 Å². The second kappa shape index (κ2) is 8.61. The summed E-state index contributed by atoms with van der Waals surface area (Å²) in [6, 6.07) is 0. The van der Waals surface area contributed by atoms with Crippen LogP contribution in [0.25, 0.3) is 0 Å². The fourth-order valence-corrected chi connectivity index (χ4v) is 1.34. The molecule has 0 aromatic heterocycles. The van der Waals surface area contributed by atoms with Crippen LogP contribution >= 0.6 is 0 Å². The third kappa shape index (κ3) is 5.38. The van der Waals surface area contributed by atoms with Crippen LogP contribution in [-0.2, 0) is 19.1 Å². The molecule has 0 rings (SSSR count). The van der Waals surface area contributed by atoms with E-state index in [9.17, 15) is 9.59 Å². The van der Waals surface area contributed by atoms with Crippen molar-refractivity contribution in [1.82, 2.24) is 4.90 Å². The Morgan fingerprint density at radius 1 is 1.00 bits per heavy atom. The van der Waals surface area contributed by atoms with Gasteiger partial charge in [-0.2, -0.15) is 0 Å². The van der Waals surface area contributed by atoms with Crippen molar-refractivity contribution in [2.24, 2.45) is 0 Å². The Morgan fingerprint density at radius 2 is 1.53 bits per heavy atom. The molecule has 0 unspecified atom stereocenters. The number of rotatable bonds is 7. The number of hydrogen-bond acceptors (Lipinski definition) is 5. The van der Waals surface area contributed by atoms with Crippen LogP contribution in [0.4, 0.5) is 0 Å². The fourth-order valence-electron chi connectivity index (χ4n) is 1.34. The molecule has 5 heteroatoms. The minimum absolute atomic E-state index is 0.246. The summed E-state index contributed by atoms with van der Waals surface area (Å²) in [4.78, 5) is 24.8. The molecular weight excluding hydrogens is 222 g/mol. The van der Waals surface area contributed by atoms with E-state index in [0.717, 1.165) is 0 Å². The van der Waals surface area contributed by atoms with E-state index in [2.05, 4.69) is 0 Å². The molecule has 17 heavy (non-hydrogen) atoms. The van der Waals surface area contributed by atoms with Crippen molar-refractivity contribution >= 4 is 11.9 Å². The Bertz CT molecular complexity index is 282. The van der Waals surface area contributed by atoms with E-state index in [4.69, 9.17) is 9.47 Å². The monoisotopic (exact) mass is 243 g/mol. The van der Waals surface area contributed by atoms with Crippen LogP contribution in [0.5, 0.6) is 0 Å². The van der Waals surface area contributed by atoms with Gasteiger partial charge in [0, 0.05) is 13.1 Å². The van der Waals surface area contributed by atoms with Crippen molar-refractivity contribution in [2.45, 2.75) is 27.7 Å². The first-order valence-electron chi connectivity index (χ1n) is 5.91. The van der Waals surface area contributed by atoms with Gasteiger partial charge >= 0.3 is 11.9 Å². The highest BCUT2D eigenvalue weighted by molar-refractivity contribution is 5.95. The zero-order chi connectivity index (χ0) is 13.3. The molecule has 0 aromatic rings. The number of esters is 2. The SMILES string of the molecule is CCOC(=O)/C=C(\C(=O)OCC)N(CC)CC. The number of ether oxygens (including phenoxy) is 2. The zero-order valence-corrected chi connectivity index (χ0v) is 11.0. The summed E-state index contributed by atoms with van der Waals surface area (Å²) in [6.45, 7) is 9.06. The van der Waals surface area contributed by atoms with Crippen molar-refractivity contribution < 1.29 is 19.1 Å². The number of likely N-dealkylation sites (N-methyl/N-ethyl adjacent to an activating group) is 1. The molecule has 0 aliphatic carbocycles. The minimum Gasteiger partial charge on any atom is -0.463 e. The van der Waals surface area contributed by atoms with E-state index in [1.165, 1.54) is 6.08 Å². The topological polar surface area (TPSA) is 55.8 Å². The van der Waals surface area contributed by atoms with E-state index < -0.39 is 11.9 Å². The molecule has 5 nitrogen and oxygen atoms in total. The first kappa shape index (κ1) is 15.5. The Balaban J connectivity index is 4.95. The third-order valence-electron chi connectivity index (χ3n) is 2.13. The van der Waals surface area contributed by atoms with Gasteiger partial charge in [0.05, 0.1) is 19.3 Å². The average molecular weight is 243 g/mol. The van der Waals surface area contributed by atoms with E-state index in [1.54, 1.807) is 18.7 Å². The van der Waals surface area contributed by atoms with Crippen LogP contribution in [0.15, 0.2) is 11.8 Å². The highest BCUT2D eigenvalue weighted by atomic mass is 16.5. The molecule has 0 saturated heterocycles. The number of carbonyl (C=O) groups is 2. The highest BCUT2D eigenvalue weighted by Crippen LogP contribution is 2.07. The van der Waals surface area contributed by atoms with Crippen molar-refractivity contribution in [2.75, 3.05) is 26.3 Å². The number of hydrogen-bond donors (Lipinski definition) is 0. The maximum Gasteiger partial charge on any atom is 0.354 e. The molecular formula is C12H21NO4. The molecule has 0 aromatic carbocycles. The minimum atomic E-state index is -0.526. The van der Waals surface area contributed by atoms with E-state index in [-0.39, 0.29) is 18.9 Å². The summed E-state index contributed by atoms with van der Waals surface area (Å²) < 4.78 is 9.70. The van der Waals surface area contributed by atoms with Crippen LogP contribution in [-0.4, -0.2) is 43.1 Å². The lowest BCUT2D eigenvalue weighted by Gasteiger charge is -2.22. The van der Waals surface area contributed by atoms with Crippen LogP contribution in [0.1, 0.15) is 27.7 Å². The zero-order valence-electron chi connectivity index (χ0n) is 11.0. The second-order valence-electron chi connectivity index (χ2n) is 3.17. The second-order valence-corrected chi connectivity index (χ2v) is 3.17. The van der Waals surface area contributed by atoms with Crippen molar-refractivity contribution in [1.29, 1.82) is 0 Å². The Hall–Kier alpha value is -1.52. The molecule has 0 N–H and O–H groups in total. The van der Waals surface area contributed by atoms with Gasteiger partial charge in [0.25, 0.3) is 0 Å². The van der Waals surface area contributed by atoms with Gasteiger partial charge < -0.3 is 14.4 Å². The highest BCUT2D eigenvalue weighted by Gasteiger charge is 2.18. The normalized spacial score (nSPS) is 10.9. The van der Waals surface area contributed by atoms with Gasteiger partial charge in [-0.3, -0.25) is 0 Å². The molecule has 0 aliphatic rings. The van der Waals surface area contributed by atoms with Crippen molar-refractivity contribution in [3.63, 3.8) is 0 Å². The fraction of sp³-hybridized carbons (Fsp3) is 0.667. The van der Waals surface area contributed by atoms with Gasteiger partial charge in [-0.25, -0.2) is 9.59 Å². The summed E-state index contributed by atoms with van der Waals surface area (Å²) in [5.41, 5.74) is 0.246. The largest absolute Gasteiger partial charge is 0.463 e. The number of nitrogens with zero attached hydrogens (tertiary/aromatic N) is 1. The lowest BCUT2D eigenvalue weighted by atomic mass is 10.3. The molecule has 0 spiro atoms. The van der Waals surface area contributed by atoms with E-state index >= 15 is 0 Å². The molecule has 0 heterocycles. The smallest absolute Gasteiger partial charge is 0.354 e. The summed E-state index contributed by atoms with van der Waals surface area (Å²) in [5.74, 6) is -1.02. The molecule has 0 amide bonds. The standard InChI is InChI=1S/C12H21NO4/c1-5-13(6-2)10(12(15)17-8-4)9-11(14)16-7-3/h9H,5-8H2,1-4H3/b10-9+. The first-order chi connectivity index (χ1) is 8.10. The van der Waals surface area contributed by atoms with Gasteiger partial charge in [-0.1, -0.05) is 0 Å². The van der Waals surface area contributed by atoms with Gasteiger partial charge in [0.15, 0.2) is 0 Å². The molecule has 0 radical (unpaired) electrons. The molecule has 0 fully saturated rings. The van der Waals surface area contributed by atoms with Crippen LogP contribution < -0.4 is 0 Å². The Morgan fingerprint density at radius 3 is 1.94 bits per heavy atom. The maximum absolute atomic E-state index is 11.7. The predicted molar refractivity (Wildman–Crippen MR) is 64.3 cm³/mol. The summed E-state index contributed by atoms with van der Waals surface area (Å²) >= 11 is 0. The molecule has 0 aliphatic heterocycles. The lowest BCUT2D eigenvalue weighted by Crippen LogP contribution is -2.29. The van der Waals surface area contributed by atoms with Crippen LogP contribution in [0.3, 0.4) is 0 Å². The lowest BCUT2D eigenvalue weighted by molar-refractivity contribution is -0.142. The number of carbonyl (C=O) groups excluding carboxylic acids is 2. The Kier molecular flexibility index (Phi) is 7.84. The maximum atomic E-state index is 11.7. The molecule has 98 valence electrons. The van der Waals surface area contributed by atoms with Gasteiger partial charge in [-0.05, 0) is 27.7 Å². The van der Waals surface area contributed by atoms with Gasteiger partial charge in [-0.15, -0.1) is 0 Å². The predicted octanol–water partition coefficient (Wildman–Crippen LogP) is 1.34. The van der Waals surface area contributed by atoms with Gasteiger partial charge in [0.1, 0.15) is 5.70 Å². The third-order valence-corrected chi connectivity index (χ3v) is 2.13. The molecule has 0 saturated carbocycles. The van der Waals surface area contributed by atoms with E-state index in [0.29, 0.717) is 13.1 Å². The van der Waals surface area contributed by atoms with Crippen molar-refractivity contribution in [3.05, 3.63) is 11.8 Å². The summed E-state index contributed by atoms with van der Waals surface area (Å²) in [5, 5.41) is 0. The Labute approximate surface area is 102 Å². The molecule has 0 atom stereocenters. The van der Waals surface area contributed by atoms with Crippen LogP contribution in [0.2, 0.25) is 0 Å². The average Bonchev–Trinajstić information content (AvgIpc) is 2.30. The summed E-state index contributed by atoms with van der Waals surface area (Å²) in [7, 11) is 0.